The first kappa shape index (κ1) is 19.1. The summed E-state index contributed by atoms with van der Waals surface area (Å²) >= 11 is 0. The average molecular weight is 373 g/mol. The van der Waals surface area contributed by atoms with E-state index in [0.717, 1.165) is 25.1 Å². The summed E-state index contributed by atoms with van der Waals surface area (Å²) in [5.74, 6) is 0.587. The summed E-state index contributed by atoms with van der Waals surface area (Å²) < 4.78 is 27.3. The predicted octanol–water partition coefficient (Wildman–Crippen LogP) is 3.00. The molecule has 7 heteroatoms. The van der Waals surface area contributed by atoms with Crippen LogP contribution in [0.3, 0.4) is 0 Å². The highest BCUT2D eigenvalue weighted by molar-refractivity contribution is 5.80. The van der Waals surface area contributed by atoms with Crippen molar-refractivity contribution in [3.8, 4) is 0 Å². The zero-order valence-electron chi connectivity index (χ0n) is 15.7. The Morgan fingerprint density at radius 3 is 2.89 bits per heavy atom. The van der Waals surface area contributed by atoms with Crippen molar-refractivity contribution in [1.29, 1.82) is 0 Å². The minimum Gasteiger partial charge on any atom is -0.357 e. The maximum Gasteiger partial charge on any atom is 0.191 e. The Bertz CT molecular complexity index is 809. The van der Waals surface area contributed by atoms with E-state index in [0.29, 0.717) is 30.4 Å². The highest BCUT2D eigenvalue weighted by Crippen LogP contribution is 2.20. The van der Waals surface area contributed by atoms with Crippen molar-refractivity contribution in [2.75, 3.05) is 24.5 Å². The fourth-order valence-corrected chi connectivity index (χ4v) is 3.17. The molecule has 5 nitrogen and oxygen atoms in total. The molecule has 2 N–H and O–H groups in total. The van der Waals surface area contributed by atoms with Gasteiger partial charge in [0.1, 0.15) is 5.82 Å². The number of nitrogens with one attached hydrogen (secondary N) is 2. The maximum absolute atomic E-state index is 13.9. The minimum absolute atomic E-state index is 0.152. The van der Waals surface area contributed by atoms with Crippen molar-refractivity contribution in [3.05, 3.63) is 59.3 Å². The van der Waals surface area contributed by atoms with Crippen LogP contribution in [0.2, 0.25) is 0 Å². The van der Waals surface area contributed by atoms with Gasteiger partial charge in [-0.3, -0.25) is 0 Å². The monoisotopic (exact) mass is 373 g/mol. The van der Waals surface area contributed by atoms with Gasteiger partial charge in [-0.15, -0.1) is 0 Å². The lowest BCUT2D eigenvalue weighted by Gasteiger charge is -2.20. The third-order valence-corrected chi connectivity index (χ3v) is 4.55. The molecule has 0 saturated carbocycles. The van der Waals surface area contributed by atoms with Crippen molar-refractivity contribution in [2.45, 2.75) is 32.9 Å². The van der Waals surface area contributed by atoms with Gasteiger partial charge >= 0.3 is 0 Å². The van der Waals surface area contributed by atoms with Gasteiger partial charge in [0.05, 0.1) is 6.54 Å². The van der Waals surface area contributed by atoms with Crippen LogP contribution in [0.5, 0.6) is 0 Å². The molecule has 0 aliphatic carbocycles. The largest absolute Gasteiger partial charge is 0.357 e. The number of rotatable bonds is 5. The van der Waals surface area contributed by atoms with Crippen LogP contribution in [0.1, 0.15) is 24.5 Å². The molecule has 0 bridgehead atoms. The number of guanidine groups is 1. The van der Waals surface area contributed by atoms with E-state index in [1.807, 2.05) is 17.9 Å². The second-order valence-electron chi connectivity index (χ2n) is 6.66. The number of aliphatic imine (C=N–C) groups is 1. The molecule has 1 aromatic carbocycles. The van der Waals surface area contributed by atoms with E-state index in [2.05, 4.69) is 20.6 Å². The summed E-state index contributed by atoms with van der Waals surface area (Å²) in [4.78, 5) is 10.7. The number of hydrogen-bond donors (Lipinski definition) is 2. The van der Waals surface area contributed by atoms with Crippen LogP contribution in [0.15, 0.2) is 41.5 Å². The molecule has 0 radical (unpaired) electrons. The van der Waals surface area contributed by atoms with Crippen LogP contribution >= 0.6 is 0 Å². The summed E-state index contributed by atoms with van der Waals surface area (Å²) in [5.41, 5.74) is 1.57. The molecule has 3 rings (SSSR count). The number of pyridine rings is 1. The lowest BCUT2D eigenvalue weighted by Crippen LogP contribution is -2.44. The number of halogens is 2. The Hall–Kier alpha value is -2.70. The lowest BCUT2D eigenvalue weighted by molar-refractivity contribution is 0.612. The van der Waals surface area contributed by atoms with E-state index in [1.165, 1.54) is 12.1 Å². The topological polar surface area (TPSA) is 52.6 Å². The van der Waals surface area contributed by atoms with Crippen LogP contribution in [-0.4, -0.2) is 36.6 Å². The summed E-state index contributed by atoms with van der Waals surface area (Å²) in [6.07, 6.45) is 2.48. The van der Waals surface area contributed by atoms with Crippen molar-refractivity contribution < 1.29 is 8.78 Å². The Morgan fingerprint density at radius 2 is 2.15 bits per heavy atom. The molecule has 0 amide bonds. The molecule has 1 aromatic heterocycles. The van der Waals surface area contributed by atoms with Gasteiger partial charge in [0.15, 0.2) is 17.6 Å². The van der Waals surface area contributed by atoms with Gasteiger partial charge in [0.2, 0.25) is 0 Å². The number of benzene rings is 1. The van der Waals surface area contributed by atoms with E-state index in [4.69, 9.17) is 0 Å². The average Bonchev–Trinajstić information content (AvgIpc) is 3.11. The van der Waals surface area contributed by atoms with Gasteiger partial charge in [-0.05, 0) is 49.6 Å². The van der Waals surface area contributed by atoms with Crippen molar-refractivity contribution >= 4 is 11.8 Å². The van der Waals surface area contributed by atoms with Crippen molar-refractivity contribution in [1.82, 2.24) is 15.6 Å². The quantitative estimate of drug-likeness (QED) is 0.625. The number of anilines is 1. The Kier molecular flexibility index (Phi) is 6.21. The SMILES string of the molecule is CCNC(=NCc1ccc(F)c(C)c1)NC1CCN(c2ncccc2F)C1. The molecule has 27 heavy (non-hydrogen) atoms. The molecule has 0 spiro atoms. The molecule has 144 valence electrons. The highest BCUT2D eigenvalue weighted by Gasteiger charge is 2.25. The van der Waals surface area contributed by atoms with Gasteiger partial charge in [0.25, 0.3) is 0 Å². The standard InChI is InChI=1S/C20H25F2N5/c1-3-23-20(25-12-15-6-7-17(21)14(2)11-15)26-16-8-10-27(13-16)19-18(22)5-4-9-24-19/h4-7,9,11,16H,3,8,10,12-13H2,1-2H3,(H2,23,25,26). The predicted molar refractivity (Wildman–Crippen MR) is 104 cm³/mol. The summed E-state index contributed by atoms with van der Waals surface area (Å²) in [6, 6.07) is 8.20. The molecule has 2 aromatic rings. The van der Waals surface area contributed by atoms with Crippen LogP contribution in [-0.2, 0) is 6.54 Å². The maximum atomic E-state index is 13.9. The normalized spacial score (nSPS) is 17.3. The molecule has 2 heterocycles. The first-order valence-electron chi connectivity index (χ1n) is 9.22. The first-order chi connectivity index (χ1) is 13.1. The van der Waals surface area contributed by atoms with E-state index >= 15 is 0 Å². The molecule has 1 fully saturated rings. The van der Waals surface area contributed by atoms with Crippen LogP contribution in [0.25, 0.3) is 0 Å². The van der Waals surface area contributed by atoms with E-state index in [1.54, 1.807) is 25.3 Å². The van der Waals surface area contributed by atoms with Crippen LogP contribution in [0, 0.1) is 18.6 Å². The number of aromatic nitrogens is 1. The Morgan fingerprint density at radius 1 is 1.30 bits per heavy atom. The second kappa shape index (κ2) is 8.79. The third-order valence-electron chi connectivity index (χ3n) is 4.55. The Balaban J connectivity index is 1.62. The summed E-state index contributed by atoms with van der Waals surface area (Å²) in [5, 5.41) is 6.63. The molecule has 1 atom stereocenters. The molecule has 1 unspecified atom stereocenters. The van der Waals surface area contributed by atoms with Gasteiger partial charge in [0, 0.05) is 31.9 Å². The lowest BCUT2D eigenvalue weighted by atomic mass is 10.1. The Labute approximate surface area is 158 Å². The molecular weight excluding hydrogens is 348 g/mol. The smallest absolute Gasteiger partial charge is 0.191 e. The van der Waals surface area contributed by atoms with E-state index in [-0.39, 0.29) is 17.7 Å². The summed E-state index contributed by atoms with van der Waals surface area (Å²) in [6.45, 7) is 6.34. The zero-order chi connectivity index (χ0) is 19.2. The fourth-order valence-electron chi connectivity index (χ4n) is 3.17. The number of aryl methyl sites for hydroxylation is 1. The second-order valence-corrected chi connectivity index (χ2v) is 6.66. The molecule has 1 aliphatic heterocycles. The third kappa shape index (κ3) is 4.93. The van der Waals surface area contributed by atoms with Crippen molar-refractivity contribution in [3.63, 3.8) is 0 Å². The highest BCUT2D eigenvalue weighted by atomic mass is 19.1. The van der Waals surface area contributed by atoms with Gasteiger partial charge in [-0.25, -0.2) is 18.8 Å². The van der Waals surface area contributed by atoms with Crippen LogP contribution < -0.4 is 15.5 Å². The number of nitrogens with zero attached hydrogens (tertiary/aromatic N) is 3. The van der Waals surface area contributed by atoms with Crippen molar-refractivity contribution in [2.24, 2.45) is 4.99 Å². The number of hydrogen-bond acceptors (Lipinski definition) is 3. The van der Waals surface area contributed by atoms with Gasteiger partial charge in [-0.1, -0.05) is 12.1 Å². The molecule has 1 saturated heterocycles. The molecular formula is C20H25F2N5. The fraction of sp³-hybridized carbons (Fsp3) is 0.400. The summed E-state index contributed by atoms with van der Waals surface area (Å²) in [7, 11) is 0. The van der Waals surface area contributed by atoms with E-state index in [9.17, 15) is 8.78 Å². The minimum atomic E-state index is -0.301. The first-order valence-corrected chi connectivity index (χ1v) is 9.22. The molecule has 1 aliphatic rings. The zero-order valence-corrected chi connectivity index (χ0v) is 15.7. The van der Waals surface area contributed by atoms with E-state index < -0.39 is 0 Å². The van der Waals surface area contributed by atoms with Gasteiger partial charge in [-0.2, -0.15) is 0 Å². The van der Waals surface area contributed by atoms with Gasteiger partial charge < -0.3 is 15.5 Å². The van der Waals surface area contributed by atoms with Crippen LogP contribution in [0.4, 0.5) is 14.6 Å².